The van der Waals surface area contributed by atoms with E-state index in [-0.39, 0.29) is 5.82 Å². The van der Waals surface area contributed by atoms with Crippen LogP contribution in [0.4, 0.5) is 4.39 Å². The Bertz CT molecular complexity index is 1360. The first-order chi connectivity index (χ1) is 14.4. The highest BCUT2D eigenvalue weighted by atomic mass is 35.5. The van der Waals surface area contributed by atoms with Crippen molar-refractivity contribution in [2.75, 3.05) is 0 Å². The molecule has 0 aliphatic rings. The molecule has 2 heterocycles. The number of halogens is 2. The summed E-state index contributed by atoms with van der Waals surface area (Å²) in [6.07, 6.45) is 0. The summed E-state index contributed by atoms with van der Waals surface area (Å²) in [7, 11) is 3.02. The van der Waals surface area contributed by atoms with E-state index in [1.165, 1.54) is 29.4 Å². The fourth-order valence-electron chi connectivity index (χ4n) is 3.21. The van der Waals surface area contributed by atoms with Gasteiger partial charge in [0.15, 0.2) is 16.3 Å². The quantitative estimate of drug-likeness (QED) is 0.441. The monoisotopic (exact) mass is 444 g/mol. The molecule has 0 saturated heterocycles. The van der Waals surface area contributed by atoms with Gasteiger partial charge in [-0.2, -0.15) is 0 Å². The summed E-state index contributed by atoms with van der Waals surface area (Å²) >= 11 is 7.30. The van der Waals surface area contributed by atoms with E-state index in [1.54, 1.807) is 41.9 Å². The highest BCUT2D eigenvalue weighted by molar-refractivity contribution is 7.98. The first kappa shape index (κ1) is 20.4. The summed E-state index contributed by atoms with van der Waals surface area (Å²) in [5, 5.41) is 1.14. The lowest BCUT2D eigenvalue weighted by Gasteiger charge is -2.10. The van der Waals surface area contributed by atoms with Crippen LogP contribution in [-0.2, 0) is 26.4 Å². The number of thioether (sulfide) groups is 1. The molecule has 0 atom stereocenters. The van der Waals surface area contributed by atoms with Crippen molar-refractivity contribution in [1.82, 2.24) is 18.7 Å². The SMILES string of the molecule is Cn1c(=O)c2c(nc(SCc3ccccc3F)n2Cc2ccc(Cl)cc2)n(C)c1=O. The third-order valence-corrected chi connectivity index (χ3v) is 6.16. The number of nitrogens with zero attached hydrogens (tertiary/aromatic N) is 4. The Labute approximate surface area is 180 Å². The molecule has 0 N–H and O–H groups in total. The van der Waals surface area contributed by atoms with Gasteiger partial charge in [0, 0.05) is 24.9 Å². The standard InChI is InChI=1S/C21H18ClFN4O2S/c1-25-18-17(19(28)26(2)21(25)29)27(11-13-7-9-15(22)10-8-13)20(24-18)30-12-14-5-3-4-6-16(14)23/h3-10H,11-12H2,1-2H3. The normalized spacial score (nSPS) is 11.3. The third-order valence-electron chi connectivity index (χ3n) is 4.88. The summed E-state index contributed by atoms with van der Waals surface area (Å²) in [5.74, 6) is 0.0406. The molecule has 0 radical (unpaired) electrons. The van der Waals surface area contributed by atoms with Crippen molar-refractivity contribution in [3.05, 3.63) is 91.3 Å². The number of hydrogen-bond donors (Lipinski definition) is 0. The van der Waals surface area contributed by atoms with Gasteiger partial charge in [-0.3, -0.25) is 13.9 Å². The number of hydrogen-bond acceptors (Lipinski definition) is 4. The van der Waals surface area contributed by atoms with Gasteiger partial charge in [-0.1, -0.05) is 53.7 Å². The Morgan fingerprint density at radius 2 is 1.73 bits per heavy atom. The molecule has 30 heavy (non-hydrogen) atoms. The highest BCUT2D eigenvalue weighted by Gasteiger charge is 2.20. The molecular weight excluding hydrogens is 427 g/mol. The average Bonchev–Trinajstić information content (AvgIpc) is 3.10. The molecule has 9 heteroatoms. The Morgan fingerprint density at radius 1 is 1.03 bits per heavy atom. The second kappa shape index (κ2) is 8.12. The van der Waals surface area contributed by atoms with Gasteiger partial charge in [0.05, 0.1) is 6.54 Å². The van der Waals surface area contributed by atoms with Gasteiger partial charge in [-0.15, -0.1) is 0 Å². The van der Waals surface area contributed by atoms with Crippen LogP contribution in [0.3, 0.4) is 0 Å². The van der Waals surface area contributed by atoms with E-state index in [0.717, 1.165) is 10.1 Å². The maximum Gasteiger partial charge on any atom is 0.332 e. The molecule has 154 valence electrons. The molecule has 0 unspecified atom stereocenters. The van der Waals surface area contributed by atoms with E-state index in [4.69, 9.17) is 11.6 Å². The molecule has 6 nitrogen and oxygen atoms in total. The number of aryl methyl sites for hydroxylation is 1. The van der Waals surface area contributed by atoms with E-state index in [1.807, 2.05) is 12.1 Å². The number of rotatable bonds is 5. The van der Waals surface area contributed by atoms with Crippen LogP contribution < -0.4 is 11.2 Å². The van der Waals surface area contributed by atoms with Crippen LogP contribution in [0.2, 0.25) is 5.02 Å². The average molecular weight is 445 g/mol. The van der Waals surface area contributed by atoms with Crippen molar-refractivity contribution >= 4 is 34.5 Å². The lowest BCUT2D eigenvalue weighted by atomic mass is 10.2. The Kier molecular flexibility index (Phi) is 5.53. The molecule has 0 saturated carbocycles. The van der Waals surface area contributed by atoms with E-state index >= 15 is 0 Å². The van der Waals surface area contributed by atoms with Crippen molar-refractivity contribution in [1.29, 1.82) is 0 Å². The van der Waals surface area contributed by atoms with Gasteiger partial charge in [0.25, 0.3) is 5.56 Å². The summed E-state index contributed by atoms with van der Waals surface area (Å²) in [4.78, 5) is 29.8. The maximum absolute atomic E-state index is 14.1. The van der Waals surface area contributed by atoms with Crippen molar-refractivity contribution in [3.8, 4) is 0 Å². The van der Waals surface area contributed by atoms with Crippen LogP contribution in [0, 0.1) is 5.82 Å². The van der Waals surface area contributed by atoms with E-state index < -0.39 is 11.2 Å². The van der Waals surface area contributed by atoms with Crippen molar-refractivity contribution in [2.45, 2.75) is 17.5 Å². The summed E-state index contributed by atoms with van der Waals surface area (Å²) in [6, 6.07) is 13.8. The molecule has 2 aromatic heterocycles. The lowest BCUT2D eigenvalue weighted by Crippen LogP contribution is -2.37. The fourth-order valence-corrected chi connectivity index (χ4v) is 4.32. The first-order valence-corrected chi connectivity index (χ1v) is 10.5. The first-order valence-electron chi connectivity index (χ1n) is 9.13. The Balaban J connectivity index is 1.85. The summed E-state index contributed by atoms with van der Waals surface area (Å²) in [6.45, 7) is 0.362. The molecule has 0 bridgehead atoms. The largest absolute Gasteiger partial charge is 0.332 e. The molecule has 0 amide bonds. The smallest absolute Gasteiger partial charge is 0.309 e. The highest BCUT2D eigenvalue weighted by Crippen LogP contribution is 2.27. The zero-order valence-corrected chi connectivity index (χ0v) is 17.9. The van der Waals surface area contributed by atoms with Crippen LogP contribution in [0.15, 0.2) is 63.3 Å². The molecule has 4 rings (SSSR count). The van der Waals surface area contributed by atoms with E-state index in [0.29, 0.717) is 39.2 Å². The molecule has 2 aromatic carbocycles. The van der Waals surface area contributed by atoms with Gasteiger partial charge in [-0.05, 0) is 29.3 Å². The Hall–Kier alpha value is -2.84. The Morgan fingerprint density at radius 3 is 2.43 bits per heavy atom. The van der Waals surface area contributed by atoms with Crippen molar-refractivity contribution in [2.24, 2.45) is 14.1 Å². The predicted molar refractivity (Wildman–Crippen MR) is 117 cm³/mol. The second-order valence-corrected chi connectivity index (χ2v) is 8.24. The maximum atomic E-state index is 14.1. The van der Waals surface area contributed by atoms with Gasteiger partial charge in [-0.25, -0.2) is 14.2 Å². The zero-order valence-electron chi connectivity index (χ0n) is 16.3. The molecule has 0 aliphatic heterocycles. The van der Waals surface area contributed by atoms with Crippen LogP contribution in [-0.4, -0.2) is 18.7 Å². The number of imidazole rings is 1. The summed E-state index contributed by atoms with van der Waals surface area (Å²) < 4.78 is 18.2. The van der Waals surface area contributed by atoms with Crippen molar-refractivity contribution in [3.63, 3.8) is 0 Å². The van der Waals surface area contributed by atoms with Crippen LogP contribution >= 0.6 is 23.4 Å². The minimum absolute atomic E-state index is 0.298. The topological polar surface area (TPSA) is 61.8 Å². The minimum atomic E-state index is -0.450. The van der Waals surface area contributed by atoms with Crippen LogP contribution in [0.5, 0.6) is 0 Å². The third kappa shape index (κ3) is 3.68. The van der Waals surface area contributed by atoms with Crippen molar-refractivity contribution < 1.29 is 4.39 Å². The predicted octanol–water partition coefficient (Wildman–Crippen LogP) is 3.57. The second-order valence-electron chi connectivity index (χ2n) is 6.87. The molecular formula is C21H18ClFN4O2S. The fraction of sp³-hybridized carbons (Fsp3) is 0.190. The minimum Gasteiger partial charge on any atom is -0.309 e. The zero-order chi connectivity index (χ0) is 21.4. The van der Waals surface area contributed by atoms with E-state index in [9.17, 15) is 14.0 Å². The molecule has 4 aromatic rings. The van der Waals surface area contributed by atoms with Gasteiger partial charge in [0.1, 0.15) is 5.82 Å². The van der Waals surface area contributed by atoms with E-state index in [2.05, 4.69) is 4.98 Å². The number of aromatic nitrogens is 4. The molecule has 0 spiro atoms. The van der Waals surface area contributed by atoms with Gasteiger partial charge >= 0.3 is 5.69 Å². The molecule has 0 fully saturated rings. The van der Waals surface area contributed by atoms with Gasteiger partial charge < -0.3 is 4.57 Å². The lowest BCUT2D eigenvalue weighted by molar-refractivity contribution is 0.617. The van der Waals surface area contributed by atoms with Crippen LogP contribution in [0.1, 0.15) is 11.1 Å². The van der Waals surface area contributed by atoms with Gasteiger partial charge in [0.2, 0.25) is 0 Å². The van der Waals surface area contributed by atoms with Crippen LogP contribution in [0.25, 0.3) is 11.2 Å². The number of benzene rings is 2. The summed E-state index contributed by atoms with van der Waals surface area (Å²) in [5.41, 5.74) is 1.21. The molecule has 0 aliphatic carbocycles. The number of fused-ring (bicyclic) bond motifs is 1.